The Labute approximate surface area is 163 Å². The number of H-pyrrole nitrogens is 1. The van der Waals surface area contributed by atoms with Gasteiger partial charge in [0.15, 0.2) is 0 Å². The molecule has 0 bridgehead atoms. The van der Waals surface area contributed by atoms with Crippen molar-refractivity contribution in [3.63, 3.8) is 0 Å². The molecule has 4 rings (SSSR count). The average molecular weight is 377 g/mol. The lowest BCUT2D eigenvalue weighted by molar-refractivity contribution is -0.0352. The van der Waals surface area contributed by atoms with E-state index in [4.69, 9.17) is 4.74 Å². The number of nitrogens with one attached hydrogen (secondary N) is 1. The summed E-state index contributed by atoms with van der Waals surface area (Å²) >= 11 is 0. The molecular weight excluding hydrogens is 354 g/mol. The Morgan fingerprint density at radius 2 is 2.04 bits per heavy atom. The van der Waals surface area contributed by atoms with Crippen LogP contribution in [0.5, 0.6) is 0 Å². The van der Waals surface area contributed by atoms with Crippen molar-refractivity contribution in [1.82, 2.24) is 15.1 Å². The molecule has 2 aromatic carbocycles. The summed E-state index contributed by atoms with van der Waals surface area (Å²) < 4.78 is 5.92. The van der Waals surface area contributed by atoms with Crippen LogP contribution in [0.4, 0.5) is 0 Å². The Morgan fingerprint density at radius 3 is 2.75 bits per heavy atom. The zero-order chi connectivity index (χ0) is 19.5. The summed E-state index contributed by atoms with van der Waals surface area (Å²) in [7, 11) is 0. The highest BCUT2D eigenvalue weighted by Gasteiger charge is 2.24. The molecule has 28 heavy (non-hydrogen) atoms. The van der Waals surface area contributed by atoms with Crippen molar-refractivity contribution < 1.29 is 14.6 Å². The molecule has 2 heterocycles. The fourth-order valence-corrected chi connectivity index (χ4v) is 3.67. The Morgan fingerprint density at radius 1 is 1.25 bits per heavy atom. The highest BCUT2D eigenvalue weighted by Crippen LogP contribution is 2.26. The molecule has 0 spiro atoms. The first kappa shape index (κ1) is 18.4. The van der Waals surface area contributed by atoms with E-state index in [2.05, 4.69) is 27.2 Å². The zero-order valence-electron chi connectivity index (χ0n) is 15.8. The molecular formula is C22H23N3O3. The molecule has 1 aromatic heterocycles. The number of morpholine rings is 1. The van der Waals surface area contributed by atoms with Crippen molar-refractivity contribution in [2.45, 2.75) is 19.6 Å². The first-order valence-corrected chi connectivity index (χ1v) is 9.37. The summed E-state index contributed by atoms with van der Waals surface area (Å²) in [4.78, 5) is 13.8. The van der Waals surface area contributed by atoms with E-state index in [1.54, 1.807) is 12.1 Å². The number of aryl methyl sites for hydroxylation is 1. The van der Waals surface area contributed by atoms with E-state index in [1.165, 1.54) is 5.56 Å². The van der Waals surface area contributed by atoms with Crippen LogP contribution in [0.25, 0.3) is 11.1 Å². The Balaban J connectivity index is 1.46. The molecule has 0 amide bonds. The van der Waals surface area contributed by atoms with Crippen molar-refractivity contribution in [3.05, 3.63) is 77.1 Å². The molecule has 1 aliphatic rings. The number of benzene rings is 2. The highest BCUT2D eigenvalue weighted by atomic mass is 16.5. The number of hydrogen-bond donors (Lipinski definition) is 2. The maximum absolute atomic E-state index is 11.5. The van der Waals surface area contributed by atoms with E-state index in [-0.39, 0.29) is 6.10 Å². The number of carbonyl (C=O) groups is 1. The lowest BCUT2D eigenvalue weighted by Crippen LogP contribution is -2.38. The minimum absolute atomic E-state index is 0.0120. The standard InChI is InChI=1S/C22H23N3O3/c1-15-12-23-24-21(15)20-14-25(10-11-28-20)13-16-6-8-17(9-7-16)18-4-2-3-5-19(18)22(26)27/h2-9,12,20H,10-11,13-14H2,1H3,(H,23,24)(H,26,27). The van der Waals surface area contributed by atoms with Crippen molar-refractivity contribution in [1.29, 1.82) is 0 Å². The normalized spacial score (nSPS) is 17.5. The number of aromatic carboxylic acids is 1. The molecule has 6 heteroatoms. The first-order chi connectivity index (χ1) is 13.6. The summed E-state index contributed by atoms with van der Waals surface area (Å²) in [6.45, 7) is 5.25. The third kappa shape index (κ3) is 3.83. The van der Waals surface area contributed by atoms with Crippen LogP contribution in [0.1, 0.15) is 33.3 Å². The van der Waals surface area contributed by atoms with Gasteiger partial charge in [0.05, 0.1) is 24.1 Å². The van der Waals surface area contributed by atoms with Crippen molar-refractivity contribution in [2.75, 3.05) is 19.7 Å². The fourth-order valence-electron chi connectivity index (χ4n) is 3.67. The maximum atomic E-state index is 11.5. The van der Waals surface area contributed by atoms with Gasteiger partial charge in [-0.25, -0.2) is 4.79 Å². The molecule has 3 aromatic rings. The smallest absolute Gasteiger partial charge is 0.336 e. The van der Waals surface area contributed by atoms with Gasteiger partial charge in [0.2, 0.25) is 0 Å². The summed E-state index contributed by atoms with van der Waals surface area (Å²) in [6, 6.07) is 15.2. The second-order valence-corrected chi connectivity index (χ2v) is 7.11. The molecule has 0 saturated carbocycles. The number of rotatable bonds is 5. The van der Waals surface area contributed by atoms with Gasteiger partial charge in [-0.2, -0.15) is 5.10 Å². The van der Waals surface area contributed by atoms with Crippen LogP contribution in [0.2, 0.25) is 0 Å². The van der Waals surface area contributed by atoms with Gasteiger partial charge in [0.1, 0.15) is 6.10 Å². The van der Waals surface area contributed by atoms with Crippen molar-refractivity contribution in [3.8, 4) is 11.1 Å². The van der Waals surface area contributed by atoms with E-state index in [9.17, 15) is 9.90 Å². The monoisotopic (exact) mass is 377 g/mol. The predicted molar refractivity (Wildman–Crippen MR) is 106 cm³/mol. The van der Waals surface area contributed by atoms with Crippen LogP contribution >= 0.6 is 0 Å². The predicted octanol–water partition coefficient (Wildman–Crippen LogP) is 3.66. The Bertz CT molecular complexity index is 965. The van der Waals surface area contributed by atoms with Crippen LogP contribution in [0.3, 0.4) is 0 Å². The molecule has 0 aliphatic carbocycles. The largest absolute Gasteiger partial charge is 0.478 e. The number of carboxylic acids is 1. The molecule has 1 atom stereocenters. The van der Waals surface area contributed by atoms with Gasteiger partial charge >= 0.3 is 5.97 Å². The first-order valence-electron chi connectivity index (χ1n) is 9.37. The van der Waals surface area contributed by atoms with Crippen LogP contribution in [-0.2, 0) is 11.3 Å². The van der Waals surface area contributed by atoms with Gasteiger partial charge in [-0.3, -0.25) is 10.00 Å². The number of ether oxygens (including phenoxy) is 1. The summed E-state index contributed by atoms with van der Waals surface area (Å²) in [5.41, 5.74) is 5.33. The lowest BCUT2D eigenvalue weighted by atomic mass is 9.98. The van der Waals surface area contributed by atoms with E-state index >= 15 is 0 Å². The van der Waals surface area contributed by atoms with Gasteiger partial charge in [-0.1, -0.05) is 42.5 Å². The van der Waals surface area contributed by atoms with Crippen LogP contribution in [-0.4, -0.2) is 45.9 Å². The fraction of sp³-hybridized carbons (Fsp3) is 0.273. The molecule has 0 radical (unpaired) electrons. The van der Waals surface area contributed by atoms with Gasteiger partial charge < -0.3 is 9.84 Å². The SMILES string of the molecule is Cc1cn[nH]c1C1CN(Cc2ccc(-c3ccccc3C(=O)O)cc2)CCO1. The third-order valence-corrected chi connectivity index (χ3v) is 5.17. The van der Waals surface area contributed by atoms with Crippen LogP contribution in [0.15, 0.2) is 54.7 Å². The molecule has 1 aliphatic heterocycles. The van der Waals surface area contributed by atoms with Crippen LogP contribution < -0.4 is 0 Å². The lowest BCUT2D eigenvalue weighted by Gasteiger charge is -2.32. The Kier molecular flexibility index (Phi) is 5.23. The average Bonchev–Trinajstić information content (AvgIpc) is 3.15. The minimum Gasteiger partial charge on any atom is -0.478 e. The molecule has 6 nitrogen and oxygen atoms in total. The molecule has 1 saturated heterocycles. The van der Waals surface area contributed by atoms with Crippen molar-refractivity contribution >= 4 is 5.97 Å². The van der Waals surface area contributed by atoms with Gasteiger partial charge in [-0.05, 0) is 35.2 Å². The number of carboxylic acid groups (broad SMARTS) is 1. The van der Waals surface area contributed by atoms with Gasteiger partial charge in [0, 0.05) is 19.6 Å². The quantitative estimate of drug-likeness (QED) is 0.709. The van der Waals surface area contributed by atoms with E-state index < -0.39 is 5.97 Å². The second kappa shape index (κ2) is 7.96. The Hall–Kier alpha value is -2.96. The molecule has 2 N–H and O–H groups in total. The highest BCUT2D eigenvalue weighted by molar-refractivity contribution is 5.95. The summed E-state index contributed by atoms with van der Waals surface area (Å²) in [5, 5.41) is 16.5. The zero-order valence-corrected chi connectivity index (χ0v) is 15.8. The number of aromatic amines is 1. The van der Waals surface area contributed by atoms with Gasteiger partial charge in [0.25, 0.3) is 0 Å². The molecule has 144 valence electrons. The maximum Gasteiger partial charge on any atom is 0.336 e. The number of hydrogen-bond acceptors (Lipinski definition) is 4. The number of nitrogens with zero attached hydrogens (tertiary/aromatic N) is 2. The van der Waals surface area contributed by atoms with E-state index in [1.807, 2.05) is 37.4 Å². The third-order valence-electron chi connectivity index (χ3n) is 5.17. The van der Waals surface area contributed by atoms with E-state index in [0.29, 0.717) is 12.2 Å². The van der Waals surface area contributed by atoms with Gasteiger partial charge in [-0.15, -0.1) is 0 Å². The number of aromatic nitrogens is 2. The van der Waals surface area contributed by atoms with E-state index in [0.717, 1.165) is 42.0 Å². The topological polar surface area (TPSA) is 78.5 Å². The summed E-state index contributed by atoms with van der Waals surface area (Å²) in [5.74, 6) is -0.909. The van der Waals surface area contributed by atoms with Crippen molar-refractivity contribution in [2.24, 2.45) is 0 Å². The van der Waals surface area contributed by atoms with Crippen LogP contribution in [0, 0.1) is 6.92 Å². The molecule has 1 unspecified atom stereocenters. The summed E-state index contributed by atoms with van der Waals surface area (Å²) in [6.07, 6.45) is 1.84. The second-order valence-electron chi connectivity index (χ2n) is 7.11. The minimum atomic E-state index is -0.909. The molecule has 1 fully saturated rings.